The van der Waals surface area contributed by atoms with Crippen LogP contribution in [0.15, 0.2) is 64.5 Å². The molecule has 4 rings (SSSR count). The number of hydrogen-bond donors (Lipinski definition) is 1. The molecule has 2 N–H and O–H groups in total. The van der Waals surface area contributed by atoms with Crippen molar-refractivity contribution in [1.82, 2.24) is 14.8 Å². The first-order valence-corrected chi connectivity index (χ1v) is 10.4. The molecule has 2 aromatic heterocycles. The lowest BCUT2D eigenvalue weighted by Crippen LogP contribution is -2.17. The summed E-state index contributed by atoms with van der Waals surface area (Å²) < 4.78 is 11.3. The first-order valence-electron chi connectivity index (χ1n) is 9.63. The molecular weight excluding hydrogens is 428 g/mol. The Bertz CT molecular complexity index is 1340. The fraction of sp³-hybridized carbons (Fsp3) is 0.130. The molecule has 0 bridgehead atoms. The van der Waals surface area contributed by atoms with Crippen molar-refractivity contribution in [3.05, 3.63) is 71.4 Å². The number of hydrogen-bond acceptors (Lipinski definition) is 8. The van der Waals surface area contributed by atoms with Gasteiger partial charge < -0.3 is 15.2 Å². The average Bonchev–Trinajstić information content (AvgIpc) is 3.17. The van der Waals surface area contributed by atoms with Crippen LogP contribution in [0.4, 0.5) is 5.69 Å². The van der Waals surface area contributed by atoms with Crippen molar-refractivity contribution in [3.8, 4) is 5.69 Å². The van der Waals surface area contributed by atoms with Gasteiger partial charge in [0.05, 0.1) is 31.0 Å². The van der Waals surface area contributed by atoms with Crippen molar-refractivity contribution in [3.63, 3.8) is 0 Å². The van der Waals surface area contributed by atoms with Crippen molar-refractivity contribution in [2.45, 2.75) is 16.8 Å². The van der Waals surface area contributed by atoms with Gasteiger partial charge in [0.2, 0.25) is 0 Å². The fourth-order valence-electron chi connectivity index (χ4n) is 3.31. The molecular formula is C23H20N4O4S. The zero-order valence-corrected chi connectivity index (χ0v) is 18.5. The number of nitrogens with zero attached hydrogens (tertiary/aromatic N) is 3. The number of nitrogens with two attached hydrogens (primary N) is 1. The lowest BCUT2D eigenvalue weighted by Gasteiger charge is -2.11. The van der Waals surface area contributed by atoms with Crippen molar-refractivity contribution in [2.24, 2.45) is 0 Å². The van der Waals surface area contributed by atoms with E-state index in [9.17, 15) is 9.59 Å². The van der Waals surface area contributed by atoms with Gasteiger partial charge >= 0.3 is 11.9 Å². The Morgan fingerprint density at radius 1 is 1.00 bits per heavy atom. The van der Waals surface area contributed by atoms with Gasteiger partial charge in [0.25, 0.3) is 0 Å². The summed E-state index contributed by atoms with van der Waals surface area (Å²) in [7, 11) is 2.42. The molecule has 162 valence electrons. The monoisotopic (exact) mass is 448 g/mol. The van der Waals surface area contributed by atoms with Gasteiger partial charge in [0.15, 0.2) is 11.3 Å². The highest BCUT2D eigenvalue weighted by atomic mass is 32.2. The zero-order valence-electron chi connectivity index (χ0n) is 17.7. The normalized spacial score (nSPS) is 10.8. The molecule has 2 aromatic carbocycles. The van der Waals surface area contributed by atoms with Crippen molar-refractivity contribution in [2.75, 3.05) is 20.0 Å². The van der Waals surface area contributed by atoms with Crippen LogP contribution < -0.4 is 5.73 Å². The van der Waals surface area contributed by atoms with Crippen LogP contribution in [0.25, 0.3) is 16.7 Å². The van der Waals surface area contributed by atoms with Gasteiger partial charge in [-0.2, -0.15) is 5.10 Å². The minimum atomic E-state index is -0.798. The Kier molecular flexibility index (Phi) is 5.83. The minimum absolute atomic E-state index is 0.0552. The zero-order chi connectivity index (χ0) is 22.8. The molecule has 0 fully saturated rings. The third-order valence-corrected chi connectivity index (χ3v) is 5.76. The van der Waals surface area contributed by atoms with Crippen LogP contribution in [0.3, 0.4) is 0 Å². The molecule has 0 atom stereocenters. The van der Waals surface area contributed by atoms with E-state index in [4.69, 9.17) is 20.3 Å². The molecule has 4 aromatic rings. The molecule has 0 radical (unpaired) electrons. The molecule has 0 aliphatic carbocycles. The van der Waals surface area contributed by atoms with E-state index in [2.05, 4.69) is 4.98 Å². The molecule has 2 heterocycles. The molecule has 0 unspecified atom stereocenters. The van der Waals surface area contributed by atoms with Gasteiger partial charge in [-0.15, -0.1) is 0 Å². The van der Waals surface area contributed by atoms with E-state index in [-0.39, 0.29) is 16.9 Å². The second kappa shape index (κ2) is 8.72. The second-order valence-corrected chi connectivity index (χ2v) is 7.96. The van der Waals surface area contributed by atoms with Crippen LogP contribution in [0.2, 0.25) is 0 Å². The molecule has 0 amide bonds. The Hall–Kier alpha value is -3.85. The Balaban J connectivity index is 2.05. The lowest BCUT2D eigenvalue weighted by atomic mass is 10.1. The van der Waals surface area contributed by atoms with Crippen LogP contribution in [-0.4, -0.2) is 40.9 Å². The quantitative estimate of drug-likeness (QED) is 0.456. The van der Waals surface area contributed by atoms with Crippen molar-refractivity contribution in [1.29, 1.82) is 0 Å². The van der Waals surface area contributed by atoms with Crippen molar-refractivity contribution >= 4 is 40.4 Å². The molecule has 32 heavy (non-hydrogen) atoms. The molecule has 0 aliphatic rings. The molecule has 0 spiro atoms. The third-order valence-electron chi connectivity index (χ3n) is 4.80. The van der Waals surface area contributed by atoms with Gasteiger partial charge in [-0.05, 0) is 31.2 Å². The summed E-state index contributed by atoms with van der Waals surface area (Å²) in [4.78, 5) is 30.4. The molecule has 0 aliphatic heterocycles. The summed E-state index contributed by atoms with van der Waals surface area (Å²) in [6.07, 6.45) is 0. The van der Waals surface area contributed by atoms with Crippen molar-refractivity contribution < 1.29 is 19.1 Å². The molecule has 0 saturated heterocycles. The number of ether oxygens (including phenoxy) is 2. The van der Waals surface area contributed by atoms with E-state index >= 15 is 0 Å². The maximum atomic E-state index is 12.5. The lowest BCUT2D eigenvalue weighted by molar-refractivity contribution is 0.0551. The summed E-state index contributed by atoms with van der Waals surface area (Å²) in [6, 6.07) is 17.3. The summed E-state index contributed by atoms with van der Waals surface area (Å²) in [5, 5.41) is 5.73. The number of fused-ring (bicyclic) bond motifs is 1. The van der Waals surface area contributed by atoms with Gasteiger partial charge in [0.1, 0.15) is 10.6 Å². The van der Waals surface area contributed by atoms with Gasteiger partial charge in [0, 0.05) is 4.90 Å². The molecule has 0 saturated carbocycles. The van der Waals surface area contributed by atoms with Gasteiger partial charge in [-0.1, -0.05) is 47.7 Å². The predicted molar refractivity (Wildman–Crippen MR) is 121 cm³/mol. The smallest absolute Gasteiger partial charge is 0.357 e. The van der Waals surface area contributed by atoms with Crippen LogP contribution in [-0.2, 0) is 9.47 Å². The van der Waals surface area contributed by atoms with E-state index < -0.39 is 11.9 Å². The molecule has 9 heteroatoms. The number of carbonyl (C=O) groups excluding carboxylic acids is 2. The first-order chi connectivity index (χ1) is 15.4. The average molecular weight is 449 g/mol. The summed E-state index contributed by atoms with van der Waals surface area (Å²) >= 11 is 1.39. The van der Waals surface area contributed by atoms with Crippen LogP contribution in [0.5, 0.6) is 0 Å². The van der Waals surface area contributed by atoms with E-state index in [0.29, 0.717) is 16.1 Å². The predicted octanol–water partition coefficient (Wildman–Crippen LogP) is 4.04. The highest BCUT2D eigenvalue weighted by Gasteiger charge is 2.29. The summed E-state index contributed by atoms with van der Waals surface area (Å²) in [5.41, 5.74) is 8.28. The van der Waals surface area contributed by atoms with Gasteiger partial charge in [-0.3, -0.25) is 0 Å². The Morgan fingerprint density at radius 3 is 2.38 bits per heavy atom. The highest BCUT2D eigenvalue weighted by molar-refractivity contribution is 7.99. The highest BCUT2D eigenvalue weighted by Crippen LogP contribution is 2.38. The number of esters is 2. The largest absolute Gasteiger partial charge is 0.465 e. The SMILES string of the molecule is COC(=O)c1nc2c(c(Sc3cccc(C)c3)nn2-c2ccccc2)c(N)c1C(=O)OC. The van der Waals surface area contributed by atoms with Crippen LogP contribution in [0.1, 0.15) is 26.4 Å². The maximum Gasteiger partial charge on any atom is 0.357 e. The second-order valence-electron chi connectivity index (χ2n) is 6.90. The standard InChI is InChI=1S/C23H20N4O4S/c1-13-8-7-11-15(12-13)32-21-17-18(24)16(22(28)30-2)19(23(29)31-3)25-20(17)27(26-21)14-9-5-4-6-10-14/h4-12H,1-3H3,(H2,24,25). The number of rotatable bonds is 5. The minimum Gasteiger partial charge on any atom is -0.465 e. The number of aromatic nitrogens is 3. The summed E-state index contributed by atoms with van der Waals surface area (Å²) in [6.45, 7) is 2.00. The first kappa shape index (κ1) is 21.4. The Morgan fingerprint density at radius 2 is 1.72 bits per heavy atom. The van der Waals surface area contributed by atoms with Crippen LogP contribution in [0, 0.1) is 6.92 Å². The van der Waals surface area contributed by atoms with E-state index in [1.807, 2.05) is 61.5 Å². The topological polar surface area (TPSA) is 109 Å². The number of carbonyl (C=O) groups is 2. The maximum absolute atomic E-state index is 12.5. The number of anilines is 1. The van der Waals surface area contributed by atoms with Crippen LogP contribution >= 0.6 is 11.8 Å². The number of methoxy groups -OCH3 is 2. The third kappa shape index (κ3) is 3.78. The summed E-state index contributed by atoms with van der Waals surface area (Å²) in [5.74, 6) is -1.58. The number of pyridine rings is 1. The van der Waals surface area contributed by atoms with E-state index in [1.165, 1.54) is 26.0 Å². The fourth-order valence-corrected chi connectivity index (χ4v) is 4.35. The molecule has 8 nitrogen and oxygen atoms in total. The Labute approximate surface area is 188 Å². The number of nitrogen functional groups attached to an aromatic ring is 1. The van der Waals surface area contributed by atoms with E-state index in [0.717, 1.165) is 16.1 Å². The van der Waals surface area contributed by atoms with Gasteiger partial charge in [-0.25, -0.2) is 19.3 Å². The number of para-hydroxylation sites is 1. The van der Waals surface area contributed by atoms with E-state index in [1.54, 1.807) is 4.68 Å². The number of benzene rings is 2. The number of aryl methyl sites for hydroxylation is 1.